The van der Waals surface area contributed by atoms with Gasteiger partial charge < -0.3 is 4.90 Å². The topological polar surface area (TPSA) is 9.72 Å². The van der Waals surface area contributed by atoms with Gasteiger partial charge in [-0.1, -0.05) is 6.92 Å². The van der Waals surface area contributed by atoms with Crippen LogP contribution in [-0.4, -0.2) is 60.2 Å². The van der Waals surface area contributed by atoms with Crippen molar-refractivity contribution >= 4 is 0 Å². The Morgan fingerprint density at radius 2 is 1.73 bits per heavy atom. The van der Waals surface area contributed by atoms with Crippen LogP contribution in [0, 0.1) is 0 Å². The van der Waals surface area contributed by atoms with Gasteiger partial charge in [0.25, 0.3) is 0 Å². The lowest BCUT2D eigenvalue weighted by Gasteiger charge is -2.41. The zero-order valence-electron chi connectivity index (χ0n) is 10.4. The lowest BCUT2D eigenvalue weighted by atomic mass is 10.0. The Morgan fingerprint density at radius 3 is 2.20 bits per heavy atom. The van der Waals surface area contributed by atoms with Crippen LogP contribution in [0.5, 0.6) is 0 Å². The predicted octanol–water partition coefficient (Wildman–Crippen LogP) is 1.41. The van der Waals surface area contributed by atoms with Crippen LogP contribution in [0.2, 0.25) is 0 Å². The van der Waals surface area contributed by atoms with Crippen molar-refractivity contribution in [1.29, 1.82) is 0 Å². The normalized spacial score (nSPS) is 32.6. The predicted molar refractivity (Wildman–Crippen MR) is 63.7 cm³/mol. The van der Waals surface area contributed by atoms with Gasteiger partial charge in [-0.2, -0.15) is 0 Å². The molecule has 0 aromatic carbocycles. The van der Waals surface area contributed by atoms with E-state index in [4.69, 9.17) is 0 Å². The highest BCUT2D eigenvalue weighted by molar-refractivity contribution is 4.84. The molecule has 3 heteroatoms. The highest BCUT2D eigenvalue weighted by Gasteiger charge is 2.33. The maximum absolute atomic E-state index is 2.63. The second-order valence-electron chi connectivity index (χ2n) is 5.06. The monoisotopic (exact) mass is 211 g/mol. The zero-order chi connectivity index (χ0) is 10.8. The van der Waals surface area contributed by atoms with E-state index in [9.17, 15) is 0 Å². The third-order valence-electron chi connectivity index (χ3n) is 4.09. The SMILES string of the molecule is CCN1CCC(N2C(C)CCN2C)CC1. The fourth-order valence-electron chi connectivity index (χ4n) is 3.10. The first-order valence-electron chi connectivity index (χ1n) is 6.44. The van der Waals surface area contributed by atoms with Crippen LogP contribution in [0.3, 0.4) is 0 Å². The van der Waals surface area contributed by atoms with E-state index in [2.05, 4.69) is 35.8 Å². The Kier molecular flexibility index (Phi) is 3.65. The number of rotatable bonds is 2. The molecule has 0 aromatic heterocycles. The van der Waals surface area contributed by atoms with E-state index in [1.165, 1.54) is 45.4 Å². The van der Waals surface area contributed by atoms with Crippen molar-refractivity contribution in [3.63, 3.8) is 0 Å². The van der Waals surface area contributed by atoms with Gasteiger partial charge in [-0.05, 0) is 45.8 Å². The van der Waals surface area contributed by atoms with Crippen LogP contribution in [0.4, 0.5) is 0 Å². The number of hydrazine groups is 1. The molecular weight excluding hydrogens is 186 g/mol. The van der Waals surface area contributed by atoms with Gasteiger partial charge in [0.15, 0.2) is 0 Å². The van der Waals surface area contributed by atoms with Crippen LogP contribution in [-0.2, 0) is 0 Å². The average molecular weight is 211 g/mol. The molecule has 0 N–H and O–H groups in total. The van der Waals surface area contributed by atoms with E-state index >= 15 is 0 Å². The number of nitrogens with zero attached hydrogens (tertiary/aromatic N) is 3. The molecule has 2 aliphatic rings. The van der Waals surface area contributed by atoms with E-state index < -0.39 is 0 Å². The molecular formula is C12H25N3. The minimum Gasteiger partial charge on any atom is -0.303 e. The van der Waals surface area contributed by atoms with E-state index in [0.29, 0.717) is 0 Å². The van der Waals surface area contributed by atoms with Gasteiger partial charge in [0.2, 0.25) is 0 Å². The van der Waals surface area contributed by atoms with Gasteiger partial charge in [0.1, 0.15) is 0 Å². The summed E-state index contributed by atoms with van der Waals surface area (Å²) < 4.78 is 0. The molecule has 0 bridgehead atoms. The summed E-state index contributed by atoms with van der Waals surface area (Å²) in [6.45, 7) is 9.68. The third kappa shape index (κ3) is 2.35. The first-order chi connectivity index (χ1) is 7.22. The summed E-state index contributed by atoms with van der Waals surface area (Å²) in [5.74, 6) is 0. The molecule has 0 spiro atoms. The maximum Gasteiger partial charge on any atom is 0.0273 e. The second-order valence-corrected chi connectivity index (χ2v) is 5.06. The van der Waals surface area contributed by atoms with Gasteiger partial charge >= 0.3 is 0 Å². The summed E-state index contributed by atoms with van der Waals surface area (Å²) in [5, 5.41) is 5.07. The molecule has 0 saturated carbocycles. The fraction of sp³-hybridized carbons (Fsp3) is 1.00. The minimum atomic E-state index is 0.758. The molecule has 15 heavy (non-hydrogen) atoms. The molecule has 2 fully saturated rings. The summed E-state index contributed by atoms with van der Waals surface area (Å²) in [4.78, 5) is 2.57. The van der Waals surface area contributed by atoms with Crippen molar-refractivity contribution in [2.75, 3.05) is 33.2 Å². The summed E-state index contributed by atoms with van der Waals surface area (Å²) in [7, 11) is 2.25. The second kappa shape index (κ2) is 4.81. The van der Waals surface area contributed by atoms with Gasteiger partial charge in [0, 0.05) is 25.7 Å². The minimum absolute atomic E-state index is 0.758. The van der Waals surface area contributed by atoms with Crippen molar-refractivity contribution in [1.82, 2.24) is 14.9 Å². The van der Waals surface area contributed by atoms with Gasteiger partial charge in [-0.25, -0.2) is 10.0 Å². The highest BCUT2D eigenvalue weighted by Crippen LogP contribution is 2.25. The number of hydrogen-bond donors (Lipinski definition) is 0. The van der Waals surface area contributed by atoms with Gasteiger partial charge in [-0.3, -0.25) is 0 Å². The van der Waals surface area contributed by atoms with E-state index in [1.54, 1.807) is 0 Å². The Balaban J connectivity index is 1.89. The first kappa shape index (κ1) is 11.4. The van der Waals surface area contributed by atoms with Gasteiger partial charge in [0.05, 0.1) is 0 Å². The van der Waals surface area contributed by atoms with Crippen molar-refractivity contribution in [2.45, 2.75) is 45.2 Å². The highest BCUT2D eigenvalue weighted by atomic mass is 15.7. The molecule has 3 nitrogen and oxygen atoms in total. The fourth-order valence-corrected chi connectivity index (χ4v) is 3.10. The summed E-state index contributed by atoms with van der Waals surface area (Å²) in [5.41, 5.74) is 0. The molecule has 2 saturated heterocycles. The van der Waals surface area contributed by atoms with Crippen molar-refractivity contribution in [3.05, 3.63) is 0 Å². The molecule has 0 radical (unpaired) electrons. The third-order valence-corrected chi connectivity index (χ3v) is 4.09. The summed E-state index contributed by atoms with van der Waals surface area (Å²) >= 11 is 0. The van der Waals surface area contributed by atoms with Crippen molar-refractivity contribution < 1.29 is 0 Å². The zero-order valence-corrected chi connectivity index (χ0v) is 10.4. The van der Waals surface area contributed by atoms with E-state index in [0.717, 1.165) is 12.1 Å². The Labute approximate surface area is 94.0 Å². The smallest absolute Gasteiger partial charge is 0.0273 e. The quantitative estimate of drug-likeness (QED) is 0.684. The largest absolute Gasteiger partial charge is 0.303 e. The molecule has 0 aliphatic carbocycles. The van der Waals surface area contributed by atoms with Crippen LogP contribution in [0.1, 0.15) is 33.1 Å². The lowest BCUT2D eigenvalue weighted by Crippen LogP contribution is -2.50. The summed E-state index contributed by atoms with van der Waals surface area (Å²) in [6, 6.07) is 1.56. The van der Waals surface area contributed by atoms with Crippen LogP contribution in [0.15, 0.2) is 0 Å². The van der Waals surface area contributed by atoms with Crippen molar-refractivity contribution in [2.24, 2.45) is 0 Å². The molecule has 1 unspecified atom stereocenters. The molecule has 0 aromatic rings. The first-order valence-corrected chi connectivity index (χ1v) is 6.44. The lowest BCUT2D eigenvalue weighted by molar-refractivity contribution is -0.0397. The van der Waals surface area contributed by atoms with Crippen LogP contribution < -0.4 is 0 Å². The number of likely N-dealkylation sites (tertiary alicyclic amines) is 1. The Hall–Kier alpha value is -0.120. The van der Waals surface area contributed by atoms with Crippen LogP contribution in [0.25, 0.3) is 0 Å². The van der Waals surface area contributed by atoms with Crippen molar-refractivity contribution in [3.8, 4) is 0 Å². The average Bonchev–Trinajstić information content (AvgIpc) is 2.59. The molecule has 2 heterocycles. The van der Waals surface area contributed by atoms with E-state index in [-0.39, 0.29) is 0 Å². The molecule has 2 rings (SSSR count). The number of hydrogen-bond acceptors (Lipinski definition) is 3. The summed E-state index contributed by atoms with van der Waals surface area (Å²) in [6.07, 6.45) is 4.04. The standard InChI is InChI=1S/C12H25N3/c1-4-14-9-6-12(7-10-14)15-11(2)5-8-13(15)3/h11-12H,4-10H2,1-3H3. The molecule has 0 amide bonds. The van der Waals surface area contributed by atoms with E-state index in [1.807, 2.05) is 0 Å². The maximum atomic E-state index is 2.63. The molecule has 2 aliphatic heterocycles. The van der Waals surface area contributed by atoms with Gasteiger partial charge in [-0.15, -0.1) is 0 Å². The Morgan fingerprint density at radius 1 is 1.07 bits per heavy atom. The number of piperidine rings is 1. The van der Waals surface area contributed by atoms with Crippen LogP contribution >= 0.6 is 0 Å². The Bertz CT molecular complexity index is 189. The molecule has 88 valence electrons. The molecule has 1 atom stereocenters.